The molecule has 0 fully saturated rings. The Balaban J connectivity index is 0.00000139. The highest BCUT2D eigenvalue weighted by atomic mass is 19.1. The van der Waals surface area contributed by atoms with Crippen molar-refractivity contribution in [2.75, 3.05) is 19.7 Å². The molecule has 2 aromatic carbocycles. The van der Waals surface area contributed by atoms with Crippen LogP contribution >= 0.6 is 0 Å². The summed E-state index contributed by atoms with van der Waals surface area (Å²) in [5, 5.41) is 11.9. The number of aliphatic hydroxyl groups is 1. The Morgan fingerprint density at radius 2 is 1.75 bits per heavy atom. The molecule has 0 aliphatic rings. The molecule has 0 saturated heterocycles. The zero-order chi connectivity index (χ0) is 17.8. The van der Waals surface area contributed by atoms with E-state index in [0.717, 1.165) is 37.1 Å². The smallest absolute Gasteiger partial charge is 0.165 e. The predicted octanol–water partition coefficient (Wildman–Crippen LogP) is 4.47. The monoisotopic (exact) mass is 333 g/mol. The summed E-state index contributed by atoms with van der Waals surface area (Å²) in [5.74, 6) is 0.511. The fourth-order valence-corrected chi connectivity index (χ4v) is 2.08. The fourth-order valence-electron chi connectivity index (χ4n) is 2.08. The zero-order valence-electron chi connectivity index (χ0n) is 14.8. The molecule has 0 atom stereocenters. The van der Waals surface area contributed by atoms with Crippen molar-refractivity contribution in [2.45, 2.75) is 33.6 Å². The number of aryl methyl sites for hydroxylation is 1. The second-order valence-electron chi connectivity index (χ2n) is 5.26. The predicted molar refractivity (Wildman–Crippen MR) is 97.3 cm³/mol. The number of ether oxygens (including phenoxy) is 1. The largest absolute Gasteiger partial charge is 0.454 e. The fraction of sp³-hybridized carbons (Fsp3) is 0.400. The van der Waals surface area contributed by atoms with E-state index in [0.29, 0.717) is 5.75 Å². The second-order valence-corrected chi connectivity index (χ2v) is 5.26. The van der Waals surface area contributed by atoms with Crippen LogP contribution in [0.15, 0.2) is 42.5 Å². The first kappa shape index (κ1) is 20.1. The van der Waals surface area contributed by atoms with Gasteiger partial charge in [0.15, 0.2) is 11.6 Å². The van der Waals surface area contributed by atoms with Crippen LogP contribution in [-0.2, 0) is 6.42 Å². The van der Waals surface area contributed by atoms with Gasteiger partial charge in [-0.2, -0.15) is 0 Å². The third kappa shape index (κ3) is 7.11. The van der Waals surface area contributed by atoms with Gasteiger partial charge >= 0.3 is 0 Å². The van der Waals surface area contributed by atoms with Crippen molar-refractivity contribution in [3.63, 3.8) is 0 Å². The van der Waals surface area contributed by atoms with Crippen LogP contribution < -0.4 is 10.1 Å². The van der Waals surface area contributed by atoms with E-state index in [1.54, 1.807) is 6.07 Å². The Kier molecular flexibility index (Phi) is 9.73. The number of nitrogens with one attached hydrogen (secondary N) is 1. The van der Waals surface area contributed by atoms with Gasteiger partial charge in [0.2, 0.25) is 0 Å². The molecule has 0 spiro atoms. The van der Waals surface area contributed by atoms with Gasteiger partial charge in [-0.3, -0.25) is 0 Å². The topological polar surface area (TPSA) is 41.5 Å². The maximum Gasteiger partial charge on any atom is 0.165 e. The van der Waals surface area contributed by atoms with Gasteiger partial charge in [0.05, 0.1) is 0 Å². The summed E-state index contributed by atoms with van der Waals surface area (Å²) in [6, 6.07) is 12.6. The Bertz CT molecular complexity index is 585. The summed E-state index contributed by atoms with van der Waals surface area (Å²) in [5.41, 5.74) is 2.06. The van der Waals surface area contributed by atoms with E-state index in [2.05, 4.69) is 5.32 Å². The van der Waals surface area contributed by atoms with Gasteiger partial charge in [0.1, 0.15) is 5.75 Å². The van der Waals surface area contributed by atoms with Crippen LogP contribution in [-0.4, -0.2) is 24.8 Å². The number of hydrogen-bond donors (Lipinski definition) is 2. The first-order valence-electron chi connectivity index (χ1n) is 8.53. The van der Waals surface area contributed by atoms with Crippen LogP contribution in [0.1, 0.15) is 31.4 Å². The Hall–Kier alpha value is -1.91. The lowest BCUT2D eigenvalue weighted by Crippen LogP contribution is -2.19. The van der Waals surface area contributed by atoms with E-state index in [4.69, 9.17) is 9.84 Å². The molecule has 2 rings (SSSR count). The molecular formula is C20H28FNO2. The molecule has 0 saturated carbocycles. The molecule has 0 unspecified atom stereocenters. The molecule has 0 aliphatic carbocycles. The average Bonchev–Trinajstić information content (AvgIpc) is 2.61. The molecule has 0 heterocycles. The lowest BCUT2D eigenvalue weighted by atomic mass is 10.1. The maximum atomic E-state index is 14.1. The minimum Gasteiger partial charge on any atom is -0.454 e. The van der Waals surface area contributed by atoms with Crippen molar-refractivity contribution in [2.24, 2.45) is 0 Å². The Labute approximate surface area is 144 Å². The van der Waals surface area contributed by atoms with E-state index >= 15 is 0 Å². The summed E-state index contributed by atoms with van der Waals surface area (Å²) >= 11 is 0. The highest BCUT2D eigenvalue weighted by Crippen LogP contribution is 2.25. The van der Waals surface area contributed by atoms with Crippen LogP contribution in [0.3, 0.4) is 0 Å². The van der Waals surface area contributed by atoms with E-state index in [1.807, 2.05) is 51.1 Å². The summed E-state index contributed by atoms with van der Waals surface area (Å²) < 4.78 is 19.6. The summed E-state index contributed by atoms with van der Waals surface area (Å²) in [6.45, 7) is 7.71. The third-order valence-electron chi connectivity index (χ3n) is 3.35. The summed E-state index contributed by atoms with van der Waals surface area (Å²) in [7, 11) is 0. The Morgan fingerprint density at radius 1 is 1.04 bits per heavy atom. The molecule has 0 aromatic heterocycles. The van der Waals surface area contributed by atoms with E-state index in [9.17, 15) is 4.39 Å². The van der Waals surface area contributed by atoms with Gasteiger partial charge in [-0.1, -0.05) is 37.6 Å². The minimum atomic E-state index is -0.353. The van der Waals surface area contributed by atoms with E-state index in [-0.39, 0.29) is 18.2 Å². The van der Waals surface area contributed by atoms with Crippen molar-refractivity contribution in [3.05, 3.63) is 59.4 Å². The number of benzene rings is 2. The molecule has 0 radical (unpaired) electrons. The molecule has 132 valence electrons. The number of halogens is 1. The van der Waals surface area contributed by atoms with E-state index < -0.39 is 0 Å². The van der Waals surface area contributed by atoms with Crippen molar-refractivity contribution in [3.8, 4) is 11.5 Å². The van der Waals surface area contributed by atoms with Crippen molar-refractivity contribution < 1.29 is 14.2 Å². The van der Waals surface area contributed by atoms with Gasteiger partial charge in [0, 0.05) is 6.61 Å². The Morgan fingerprint density at radius 3 is 2.38 bits per heavy atom. The summed E-state index contributed by atoms with van der Waals surface area (Å²) in [4.78, 5) is 0. The molecule has 24 heavy (non-hydrogen) atoms. The van der Waals surface area contributed by atoms with Crippen LogP contribution in [0.25, 0.3) is 0 Å². The normalized spacial score (nSPS) is 10.0. The third-order valence-corrected chi connectivity index (χ3v) is 3.35. The van der Waals surface area contributed by atoms with Gasteiger partial charge in [-0.25, -0.2) is 4.39 Å². The first-order valence-corrected chi connectivity index (χ1v) is 8.53. The summed E-state index contributed by atoms with van der Waals surface area (Å²) in [6.07, 6.45) is 1.48. The molecule has 0 amide bonds. The van der Waals surface area contributed by atoms with Crippen LogP contribution in [0.4, 0.5) is 4.39 Å². The van der Waals surface area contributed by atoms with Gasteiger partial charge in [-0.15, -0.1) is 0 Å². The molecule has 0 bridgehead atoms. The van der Waals surface area contributed by atoms with Crippen molar-refractivity contribution in [1.82, 2.24) is 5.32 Å². The van der Waals surface area contributed by atoms with Gasteiger partial charge in [0.25, 0.3) is 0 Å². The molecule has 0 aliphatic heterocycles. The van der Waals surface area contributed by atoms with Gasteiger partial charge in [-0.05, 0) is 62.7 Å². The van der Waals surface area contributed by atoms with Crippen molar-refractivity contribution >= 4 is 0 Å². The average molecular weight is 333 g/mol. The van der Waals surface area contributed by atoms with E-state index in [1.165, 1.54) is 6.07 Å². The lowest BCUT2D eigenvalue weighted by molar-refractivity contribution is 0.286. The van der Waals surface area contributed by atoms with Crippen LogP contribution in [0.2, 0.25) is 0 Å². The standard InChI is InChI=1S/C18H22FNO2.C2H6/c1-14-3-6-16(7-4-14)22-18-8-5-15(13-17(18)19)9-11-20-10-2-12-21;1-2/h3-8,13,20-21H,2,9-12H2,1H3;1-2H3. The highest BCUT2D eigenvalue weighted by Gasteiger charge is 2.06. The van der Waals surface area contributed by atoms with Crippen molar-refractivity contribution in [1.29, 1.82) is 0 Å². The number of aliphatic hydroxyl groups excluding tert-OH is 1. The number of rotatable bonds is 8. The second kappa shape index (κ2) is 11.6. The number of hydrogen-bond acceptors (Lipinski definition) is 3. The molecule has 4 heteroatoms. The lowest BCUT2D eigenvalue weighted by Gasteiger charge is -2.09. The maximum absolute atomic E-state index is 14.1. The minimum absolute atomic E-state index is 0.187. The van der Waals surface area contributed by atoms with Crippen LogP contribution in [0.5, 0.6) is 11.5 Å². The first-order chi connectivity index (χ1) is 11.7. The molecular weight excluding hydrogens is 305 g/mol. The quantitative estimate of drug-likeness (QED) is 0.701. The van der Waals surface area contributed by atoms with Crippen LogP contribution in [0, 0.1) is 12.7 Å². The van der Waals surface area contributed by atoms with Gasteiger partial charge < -0.3 is 15.2 Å². The zero-order valence-corrected chi connectivity index (χ0v) is 14.8. The molecule has 2 aromatic rings. The SMILES string of the molecule is CC.Cc1ccc(Oc2ccc(CCNCCCO)cc2F)cc1. The highest BCUT2D eigenvalue weighted by molar-refractivity contribution is 5.35. The molecule has 3 nitrogen and oxygen atoms in total. The molecule has 2 N–H and O–H groups in total.